The van der Waals surface area contributed by atoms with Crippen molar-refractivity contribution in [1.82, 2.24) is 5.32 Å². The van der Waals surface area contributed by atoms with E-state index in [1.165, 1.54) is 5.56 Å². The fraction of sp³-hybridized carbons (Fsp3) is 0.312. The van der Waals surface area contributed by atoms with Gasteiger partial charge in [-0.3, -0.25) is 4.79 Å². The standard InChI is InChI=1S/C16H19NO2S/c1-13(9-15-7-8-19-10-15)17-16(18)12-20-11-14-5-3-2-4-6-14/h2-8,10,13H,9,11-12H2,1H3,(H,17,18). The summed E-state index contributed by atoms with van der Waals surface area (Å²) < 4.78 is 5.02. The normalized spacial score (nSPS) is 12.1. The van der Waals surface area contributed by atoms with Crippen LogP contribution in [0.4, 0.5) is 0 Å². The van der Waals surface area contributed by atoms with E-state index in [1.807, 2.05) is 31.2 Å². The quantitative estimate of drug-likeness (QED) is 0.850. The van der Waals surface area contributed by atoms with Gasteiger partial charge in [-0.15, -0.1) is 11.8 Å². The number of hydrogen-bond acceptors (Lipinski definition) is 3. The van der Waals surface area contributed by atoms with E-state index in [0.717, 1.165) is 17.7 Å². The van der Waals surface area contributed by atoms with E-state index in [2.05, 4.69) is 17.4 Å². The van der Waals surface area contributed by atoms with Gasteiger partial charge in [0.15, 0.2) is 0 Å². The monoisotopic (exact) mass is 289 g/mol. The van der Waals surface area contributed by atoms with Crippen molar-refractivity contribution < 1.29 is 9.21 Å². The van der Waals surface area contributed by atoms with Crippen LogP contribution in [0.3, 0.4) is 0 Å². The molecule has 1 unspecified atom stereocenters. The summed E-state index contributed by atoms with van der Waals surface area (Å²) in [6.45, 7) is 2.01. The van der Waals surface area contributed by atoms with Crippen molar-refractivity contribution in [2.24, 2.45) is 0 Å². The Hall–Kier alpha value is -1.68. The molecule has 0 aliphatic carbocycles. The summed E-state index contributed by atoms with van der Waals surface area (Å²) >= 11 is 1.63. The molecule has 106 valence electrons. The van der Waals surface area contributed by atoms with Gasteiger partial charge in [-0.2, -0.15) is 0 Å². The molecule has 2 rings (SSSR count). The van der Waals surface area contributed by atoms with Crippen molar-refractivity contribution in [2.45, 2.75) is 25.1 Å². The SMILES string of the molecule is CC(Cc1ccoc1)NC(=O)CSCc1ccccc1. The first-order valence-corrected chi connectivity index (χ1v) is 7.81. The van der Waals surface area contributed by atoms with Gasteiger partial charge >= 0.3 is 0 Å². The van der Waals surface area contributed by atoms with Crippen LogP contribution in [0.5, 0.6) is 0 Å². The Kier molecular flexibility index (Phi) is 5.74. The lowest BCUT2D eigenvalue weighted by Crippen LogP contribution is -2.35. The van der Waals surface area contributed by atoms with Gasteiger partial charge in [0, 0.05) is 11.8 Å². The Labute approximate surface area is 123 Å². The molecule has 4 heteroatoms. The van der Waals surface area contributed by atoms with Crippen LogP contribution in [0.25, 0.3) is 0 Å². The van der Waals surface area contributed by atoms with Gasteiger partial charge in [-0.1, -0.05) is 30.3 Å². The number of carbonyl (C=O) groups is 1. The van der Waals surface area contributed by atoms with Crippen LogP contribution in [0.15, 0.2) is 53.3 Å². The Morgan fingerprint density at radius 2 is 2.05 bits per heavy atom. The summed E-state index contributed by atoms with van der Waals surface area (Å²) in [6, 6.07) is 12.2. The molecule has 20 heavy (non-hydrogen) atoms. The molecule has 0 aliphatic rings. The highest BCUT2D eigenvalue weighted by molar-refractivity contribution is 7.99. The third-order valence-electron chi connectivity index (χ3n) is 2.87. The summed E-state index contributed by atoms with van der Waals surface area (Å²) in [6.07, 6.45) is 4.16. The highest BCUT2D eigenvalue weighted by Gasteiger charge is 2.08. The second-order valence-corrected chi connectivity index (χ2v) is 5.77. The fourth-order valence-corrected chi connectivity index (χ4v) is 2.76. The molecule has 1 aromatic carbocycles. The number of amides is 1. The zero-order valence-electron chi connectivity index (χ0n) is 11.5. The van der Waals surface area contributed by atoms with E-state index >= 15 is 0 Å². The van der Waals surface area contributed by atoms with E-state index in [4.69, 9.17) is 4.42 Å². The summed E-state index contributed by atoms with van der Waals surface area (Å²) in [5, 5.41) is 3.00. The molecule has 1 heterocycles. The number of thioether (sulfide) groups is 1. The molecule has 0 saturated carbocycles. The molecule has 0 fully saturated rings. The maximum atomic E-state index is 11.8. The smallest absolute Gasteiger partial charge is 0.230 e. The zero-order chi connectivity index (χ0) is 14.2. The largest absolute Gasteiger partial charge is 0.472 e. The first kappa shape index (κ1) is 14.7. The van der Waals surface area contributed by atoms with E-state index in [9.17, 15) is 4.79 Å². The Balaban J connectivity index is 1.65. The lowest BCUT2D eigenvalue weighted by molar-refractivity contribution is -0.119. The van der Waals surface area contributed by atoms with Crippen LogP contribution in [0, 0.1) is 0 Å². The second-order valence-electron chi connectivity index (χ2n) is 4.78. The summed E-state index contributed by atoms with van der Waals surface area (Å²) in [5.41, 5.74) is 2.35. The van der Waals surface area contributed by atoms with Crippen molar-refractivity contribution in [1.29, 1.82) is 0 Å². The third-order valence-corrected chi connectivity index (χ3v) is 3.88. The van der Waals surface area contributed by atoms with E-state index < -0.39 is 0 Å². The minimum atomic E-state index is 0.0851. The van der Waals surface area contributed by atoms with Crippen LogP contribution in [-0.2, 0) is 17.0 Å². The molecule has 3 nitrogen and oxygen atoms in total. The number of hydrogen-bond donors (Lipinski definition) is 1. The number of benzene rings is 1. The molecule has 0 radical (unpaired) electrons. The van der Waals surface area contributed by atoms with Gasteiger partial charge in [0.1, 0.15) is 0 Å². The maximum Gasteiger partial charge on any atom is 0.230 e. The zero-order valence-corrected chi connectivity index (χ0v) is 12.4. The van der Waals surface area contributed by atoms with Crippen molar-refractivity contribution >= 4 is 17.7 Å². The van der Waals surface area contributed by atoms with Gasteiger partial charge in [-0.05, 0) is 30.5 Å². The van der Waals surface area contributed by atoms with Crippen LogP contribution < -0.4 is 5.32 Å². The average molecular weight is 289 g/mol. The molecular formula is C16H19NO2S. The van der Waals surface area contributed by atoms with Gasteiger partial charge in [0.05, 0.1) is 18.3 Å². The lowest BCUT2D eigenvalue weighted by atomic mass is 10.1. The summed E-state index contributed by atoms with van der Waals surface area (Å²) in [7, 11) is 0. The molecule has 0 spiro atoms. The lowest BCUT2D eigenvalue weighted by Gasteiger charge is -2.12. The molecular weight excluding hydrogens is 270 g/mol. The molecule has 2 aromatic rings. The van der Waals surface area contributed by atoms with Gasteiger partial charge in [0.2, 0.25) is 5.91 Å². The number of furan rings is 1. The highest BCUT2D eigenvalue weighted by Crippen LogP contribution is 2.11. The first-order chi connectivity index (χ1) is 9.74. The molecule has 1 aromatic heterocycles. The molecule has 1 N–H and O–H groups in total. The number of nitrogens with one attached hydrogen (secondary N) is 1. The Bertz CT molecular complexity index is 511. The molecule has 1 amide bonds. The molecule has 0 aliphatic heterocycles. The van der Waals surface area contributed by atoms with Gasteiger partial charge in [-0.25, -0.2) is 0 Å². The van der Waals surface area contributed by atoms with Gasteiger partial charge < -0.3 is 9.73 Å². The third kappa shape index (κ3) is 5.13. The highest BCUT2D eigenvalue weighted by atomic mass is 32.2. The second kappa shape index (κ2) is 7.80. The van der Waals surface area contributed by atoms with Crippen LogP contribution in [0.2, 0.25) is 0 Å². The van der Waals surface area contributed by atoms with E-state index in [1.54, 1.807) is 24.3 Å². The topological polar surface area (TPSA) is 42.2 Å². The fourth-order valence-electron chi connectivity index (χ4n) is 1.97. The number of carbonyl (C=O) groups excluding carboxylic acids is 1. The Morgan fingerprint density at radius 3 is 2.75 bits per heavy atom. The van der Waals surface area contributed by atoms with Crippen molar-refractivity contribution in [3.05, 3.63) is 60.1 Å². The Morgan fingerprint density at radius 1 is 1.25 bits per heavy atom. The molecule has 1 atom stereocenters. The molecule has 0 bridgehead atoms. The van der Waals surface area contributed by atoms with E-state index in [-0.39, 0.29) is 11.9 Å². The maximum absolute atomic E-state index is 11.8. The van der Waals surface area contributed by atoms with Gasteiger partial charge in [0.25, 0.3) is 0 Å². The summed E-state index contributed by atoms with van der Waals surface area (Å²) in [5.74, 6) is 1.44. The van der Waals surface area contributed by atoms with Crippen molar-refractivity contribution in [2.75, 3.05) is 5.75 Å². The predicted molar refractivity (Wildman–Crippen MR) is 82.6 cm³/mol. The minimum Gasteiger partial charge on any atom is -0.472 e. The predicted octanol–water partition coefficient (Wildman–Crippen LogP) is 3.26. The average Bonchev–Trinajstić information content (AvgIpc) is 2.92. The van der Waals surface area contributed by atoms with E-state index in [0.29, 0.717) is 5.75 Å². The first-order valence-electron chi connectivity index (χ1n) is 6.66. The van der Waals surface area contributed by atoms with Crippen LogP contribution in [0.1, 0.15) is 18.1 Å². The van der Waals surface area contributed by atoms with Crippen molar-refractivity contribution in [3.8, 4) is 0 Å². The van der Waals surface area contributed by atoms with Crippen molar-refractivity contribution in [3.63, 3.8) is 0 Å². The summed E-state index contributed by atoms with van der Waals surface area (Å²) in [4.78, 5) is 11.8. The number of rotatable bonds is 7. The van der Waals surface area contributed by atoms with Crippen LogP contribution in [-0.4, -0.2) is 17.7 Å². The minimum absolute atomic E-state index is 0.0851. The molecule has 0 saturated heterocycles. The van der Waals surface area contributed by atoms with Crippen LogP contribution >= 0.6 is 11.8 Å².